The fourth-order valence-electron chi connectivity index (χ4n) is 1.33. The van der Waals surface area contributed by atoms with Gasteiger partial charge in [0, 0.05) is 32.0 Å². The second-order valence-corrected chi connectivity index (χ2v) is 5.66. The largest absolute Gasteiger partial charge is 0.379 e. The van der Waals surface area contributed by atoms with Gasteiger partial charge in [0.15, 0.2) is 0 Å². The Morgan fingerprint density at radius 2 is 2.22 bits per heavy atom. The summed E-state index contributed by atoms with van der Waals surface area (Å²) >= 11 is 0. The van der Waals surface area contributed by atoms with Crippen LogP contribution in [0, 0.1) is 0 Å². The highest BCUT2D eigenvalue weighted by atomic mass is 32.2. The van der Waals surface area contributed by atoms with E-state index in [0.29, 0.717) is 32.7 Å². The molecule has 18 heavy (non-hydrogen) atoms. The Labute approximate surface area is 107 Å². The number of hydrogen-bond acceptors (Lipinski definition) is 5. The summed E-state index contributed by atoms with van der Waals surface area (Å²) in [6, 6.07) is 1.83. The maximum Gasteiger partial charge on any atom is 0.213 e. The number of aromatic nitrogens is 2. The van der Waals surface area contributed by atoms with Gasteiger partial charge in [-0.2, -0.15) is 5.10 Å². The van der Waals surface area contributed by atoms with Crippen LogP contribution >= 0.6 is 0 Å². The van der Waals surface area contributed by atoms with E-state index in [9.17, 15) is 8.42 Å². The van der Waals surface area contributed by atoms with E-state index in [1.54, 1.807) is 10.9 Å². The van der Waals surface area contributed by atoms with E-state index < -0.39 is 10.0 Å². The first-order chi connectivity index (χ1) is 8.64. The van der Waals surface area contributed by atoms with Crippen LogP contribution in [0.1, 0.15) is 6.42 Å². The highest BCUT2D eigenvalue weighted by molar-refractivity contribution is 7.89. The number of nitrogens with one attached hydrogen (secondary N) is 1. The van der Waals surface area contributed by atoms with Gasteiger partial charge in [-0.25, -0.2) is 13.1 Å². The number of hydrogen-bond donors (Lipinski definition) is 2. The monoisotopic (exact) mass is 276 g/mol. The van der Waals surface area contributed by atoms with E-state index in [1.165, 1.54) is 0 Å². The van der Waals surface area contributed by atoms with Gasteiger partial charge in [-0.15, -0.1) is 0 Å². The Bertz CT molecular complexity index is 405. The van der Waals surface area contributed by atoms with E-state index in [-0.39, 0.29) is 12.4 Å². The minimum atomic E-state index is -3.25. The lowest BCUT2D eigenvalue weighted by Crippen LogP contribution is -2.30. The van der Waals surface area contributed by atoms with Gasteiger partial charge in [-0.05, 0) is 12.5 Å². The molecule has 0 spiro atoms. The molecule has 0 fully saturated rings. The van der Waals surface area contributed by atoms with Crippen molar-refractivity contribution in [2.24, 2.45) is 5.73 Å². The summed E-state index contributed by atoms with van der Waals surface area (Å²) in [6.45, 7) is 2.05. The summed E-state index contributed by atoms with van der Waals surface area (Å²) < 4.78 is 32.3. The summed E-state index contributed by atoms with van der Waals surface area (Å²) in [5.41, 5.74) is 5.22. The number of sulfonamides is 1. The summed E-state index contributed by atoms with van der Waals surface area (Å²) in [6.07, 6.45) is 4.23. The molecule has 0 unspecified atom stereocenters. The van der Waals surface area contributed by atoms with Crippen LogP contribution in [0.4, 0.5) is 0 Å². The Balaban J connectivity index is 2.09. The Morgan fingerprint density at radius 1 is 1.39 bits per heavy atom. The van der Waals surface area contributed by atoms with Gasteiger partial charge in [-0.3, -0.25) is 4.68 Å². The van der Waals surface area contributed by atoms with Crippen molar-refractivity contribution in [3.8, 4) is 0 Å². The molecule has 0 aliphatic carbocycles. The first-order valence-electron chi connectivity index (χ1n) is 5.86. The molecular formula is C10H20N4O3S. The van der Waals surface area contributed by atoms with Crippen molar-refractivity contribution in [2.75, 3.05) is 32.1 Å². The van der Waals surface area contributed by atoms with E-state index in [0.717, 1.165) is 0 Å². The van der Waals surface area contributed by atoms with Gasteiger partial charge >= 0.3 is 0 Å². The highest BCUT2D eigenvalue weighted by Gasteiger charge is 2.08. The summed E-state index contributed by atoms with van der Waals surface area (Å²) in [4.78, 5) is 0. The third-order valence-corrected chi connectivity index (χ3v) is 3.55. The molecule has 0 saturated carbocycles. The quantitative estimate of drug-likeness (QED) is 0.543. The van der Waals surface area contributed by atoms with E-state index in [4.69, 9.17) is 10.5 Å². The second kappa shape index (κ2) is 8.20. The minimum absolute atomic E-state index is 0.0330. The van der Waals surface area contributed by atoms with Crippen LogP contribution in [0.3, 0.4) is 0 Å². The SMILES string of the molecule is NCCOCCS(=O)(=O)NCCCn1cccn1. The van der Waals surface area contributed by atoms with Crippen LogP contribution in [0.5, 0.6) is 0 Å². The summed E-state index contributed by atoms with van der Waals surface area (Å²) in [5.74, 6) is -0.0330. The fourth-order valence-corrected chi connectivity index (χ4v) is 2.26. The van der Waals surface area contributed by atoms with Gasteiger partial charge in [0.25, 0.3) is 0 Å². The van der Waals surface area contributed by atoms with Crippen molar-refractivity contribution >= 4 is 10.0 Å². The topological polar surface area (TPSA) is 99.2 Å². The zero-order valence-corrected chi connectivity index (χ0v) is 11.1. The van der Waals surface area contributed by atoms with Crippen LogP contribution in [0.25, 0.3) is 0 Å². The number of rotatable bonds is 10. The lowest BCUT2D eigenvalue weighted by atomic mass is 10.4. The van der Waals surface area contributed by atoms with Crippen molar-refractivity contribution < 1.29 is 13.2 Å². The van der Waals surface area contributed by atoms with Crippen LogP contribution in [0.15, 0.2) is 18.5 Å². The third kappa shape index (κ3) is 6.70. The third-order valence-electron chi connectivity index (χ3n) is 2.20. The Morgan fingerprint density at radius 3 is 2.89 bits per heavy atom. The molecule has 1 aromatic rings. The molecule has 0 bridgehead atoms. The molecule has 0 amide bonds. The van der Waals surface area contributed by atoms with E-state index in [1.807, 2.05) is 12.3 Å². The molecule has 0 radical (unpaired) electrons. The fraction of sp³-hybridized carbons (Fsp3) is 0.700. The number of nitrogens with two attached hydrogens (primary N) is 1. The van der Waals surface area contributed by atoms with Gasteiger partial charge in [-0.1, -0.05) is 0 Å². The molecule has 0 aliphatic heterocycles. The molecule has 1 heterocycles. The zero-order chi connectivity index (χ0) is 13.3. The maximum absolute atomic E-state index is 11.5. The molecular weight excluding hydrogens is 256 g/mol. The predicted octanol–water partition coefficient (Wildman–Crippen LogP) is -0.832. The number of ether oxygens (including phenoxy) is 1. The van der Waals surface area contributed by atoms with Crippen molar-refractivity contribution in [1.82, 2.24) is 14.5 Å². The highest BCUT2D eigenvalue weighted by Crippen LogP contribution is 1.90. The minimum Gasteiger partial charge on any atom is -0.379 e. The molecule has 0 atom stereocenters. The molecule has 3 N–H and O–H groups in total. The average molecular weight is 276 g/mol. The van der Waals surface area contributed by atoms with Crippen molar-refractivity contribution in [3.05, 3.63) is 18.5 Å². The van der Waals surface area contributed by atoms with Gasteiger partial charge < -0.3 is 10.5 Å². The number of aryl methyl sites for hydroxylation is 1. The molecule has 0 saturated heterocycles. The van der Waals surface area contributed by atoms with Gasteiger partial charge in [0.2, 0.25) is 10.0 Å². The van der Waals surface area contributed by atoms with Crippen molar-refractivity contribution in [2.45, 2.75) is 13.0 Å². The van der Waals surface area contributed by atoms with Crippen molar-refractivity contribution in [3.63, 3.8) is 0 Å². The molecule has 104 valence electrons. The van der Waals surface area contributed by atoms with Crippen LogP contribution < -0.4 is 10.5 Å². The molecule has 0 aliphatic rings. The molecule has 7 nitrogen and oxygen atoms in total. The van der Waals surface area contributed by atoms with Crippen LogP contribution in [0.2, 0.25) is 0 Å². The Kier molecular flexibility index (Phi) is 6.88. The second-order valence-electron chi connectivity index (χ2n) is 3.74. The van der Waals surface area contributed by atoms with Gasteiger partial charge in [0.1, 0.15) is 0 Å². The maximum atomic E-state index is 11.5. The number of nitrogens with zero attached hydrogens (tertiary/aromatic N) is 2. The molecule has 8 heteroatoms. The average Bonchev–Trinajstić information content (AvgIpc) is 2.83. The lowest BCUT2D eigenvalue weighted by molar-refractivity contribution is 0.156. The van der Waals surface area contributed by atoms with E-state index in [2.05, 4.69) is 9.82 Å². The normalized spacial score (nSPS) is 11.8. The molecule has 1 rings (SSSR count). The lowest BCUT2D eigenvalue weighted by Gasteiger charge is -2.07. The van der Waals surface area contributed by atoms with Gasteiger partial charge in [0.05, 0.1) is 19.0 Å². The van der Waals surface area contributed by atoms with E-state index >= 15 is 0 Å². The standard InChI is InChI=1S/C10H20N4O3S/c11-3-8-17-9-10-18(15,16)13-5-2-7-14-6-1-4-12-14/h1,4,6,13H,2-3,5,7-11H2. The Hall–Kier alpha value is -0.960. The summed E-state index contributed by atoms with van der Waals surface area (Å²) in [5, 5.41) is 4.03. The molecule has 1 aromatic heterocycles. The molecule has 0 aromatic carbocycles. The predicted molar refractivity (Wildman–Crippen MR) is 68.5 cm³/mol. The first kappa shape index (κ1) is 15.1. The smallest absolute Gasteiger partial charge is 0.213 e. The van der Waals surface area contributed by atoms with Crippen LogP contribution in [-0.2, 0) is 21.3 Å². The van der Waals surface area contributed by atoms with Crippen LogP contribution in [-0.4, -0.2) is 50.3 Å². The summed E-state index contributed by atoms with van der Waals surface area (Å²) in [7, 11) is -3.25. The zero-order valence-electron chi connectivity index (χ0n) is 10.3. The first-order valence-corrected chi connectivity index (χ1v) is 7.52. The van der Waals surface area contributed by atoms with Crippen molar-refractivity contribution in [1.29, 1.82) is 0 Å².